The van der Waals surface area contributed by atoms with Gasteiger partial charge in [0.15, 0.2) is 0 Å². The molecule has 0 bridgehead atoms. The average molecular weight is 526 g/mol. The second-order valence-electron chi connectivity index (χ2n) is 10.6. The molecule has 1 aliphatic rings. The van der Waals surface area contributed by atoms with Gasteiger partial charge in [-0.1, -0.05) is 78.9 Å². The number of nitrogens with zero attached hydrogens (tertiary/aromatic N) is 3. The van der Waals surface area contributed by atoms with Crippen molar-refractivity contribution in [1.29, 1.82) is 0 Å². The number of fused-ring (bicyclic) bond motifs is 3. The molecule has 5 nitrogen and oxygen atoms in total. The van der Waals surface area contributed by atoms with Gasteiger partial charge in [-0.2, -0.15) is 0 Å². The van der Waals surface area contributed by atoms with Crippen molar-refractivity contribution in [3.05, 3.63) is 115 Å². The van der Waals surface area contributed by atoms with Gasteiger partial charge >= 0.3 is 0 Å². The van der Waals surface area contributed by atoms with E-state index in [1.807, 2.05) is 35.2 Å². The second kappa shape index (κ2) is 10.5. The van der Waals surface area contributed by atoms with Crippen LogP contribution in [0.2, 0.25) is 0 Å². The van der Waals surface area contributed by atoms with E-state index in [2.05, 4.69) is 83.4 Å². The number of carbonyl (C=O) groups is 1. The summed E-state index contributed by atoms with van der Waals surface area (Å²) in [6, 6.07) is 37.4. The number of rotatable bonds is 8. The van der Waals surface area contributed by atoms with Crippen molar-refractivity contribution in [3.63, 3.8) is 0 Å². The first-order chi connectivity index (χ1) is 19.7. The summed E-state index contributed by atoms with van der Waals surface area (Å²) in [6.45, 7) is 2.15. The fourth-order valence-corrected chi connectivity index (χ4v) is 6.02. The summed E-state index contributed by atoms with van der Waals surface area (Å²) in [5.41, 5.74) is 3.10. The molecule has 6 aromatic rings. The predicted molar refractivity (Wildman–Crippen MR) is 162 cm³/mol. The third-order valence-electron chi connectivity index (χ3n) is 8.00. The van der Waals surface area contributed by atoms with Gasteiger partial charge in [0.25, 0.3) is 0 Å². The van der Waals surface area contributed by atoms with Crippen LogP contribution in [0.15, 0.2) is 109 Å². The van der Waals surface area contributed by atoms with Gasteiger partial charge < -0.3 is 14.2 Å². The number of hydrogen-bond donors (Lipinski definition) is 0. The lowest BCUT2D eigenvalue weighted by Gasteiger charge is -2.19. The van der Waals surface area contributed by atoms with Crippen molar-refractivity contribution in [1.82, 2.24) is 9.55 Å². The van der Waals surface area contributed by atoms with Crippen LogP contribution in [0, 0.1) is 0 Å². The lowest BCUT2D eigenvalue weighted by atomic mass is 10.1. The molecule has 2 heterocycles. The highest BCUT2D eigenvalue weighted by atomic mass is 16.5. The van der Waals surface area contributed by atoms with Crippen LogP contribution >= 0.6 is 0 Å². The minimum atomic E-state index is 0.0488. The van der Waals surface area contributed by atoms with Crippen LogP contribution in [-0.2, 0) is 11.3 Å². The average Bonchev–Trinajstić information content (AvgIpc) is 3.57. The Hall–Kier alpha value is -4.64. The van der Waals surface area contributed by atoms with E-state index in [4.69, 9.17) is 9.72 Å². The molecule has 5 heteroatoms. The number of aryl methyl sites for hydroxylation is 1. The molecule has 40 heavy (non-hydrogen) atoms. The molecule has 1 saturated heterocycles. The molecule has 0 spiro atoms. The van der Waals surface area contributed by atoms with Gasteiger partial charge in [-0.05, 0) is 59.3 Å². The summed E-state index contributed by atoms with van der Waals surface area (Å²) >= 11 is 0. The van der Waals surface area contributed by atoms with Gasteiger partial charge in [0.1, 0.15) is 11.6 Å². The van der Waals surface area contributed by atoms with E-state index < -0.39 is 0 Å². The summed E-state index contributed by atoms with van der Waals surface area (Å²) in [7, 11) is 0. The molecule has 1 unspecified atom stereocenters. The number of benzene rings is 5. The number of para-hydroxylation sites is 2. The van der Waals surface area contributed by atoms with E-state index >= 15 is 0 Å². The number of amides is 1. The Labute approximate surface area is 233 Å². The zero-order chi connectivity index (χ0) is 26.9. The topological polar surface area (TPSA) is 47.4 Å². The molecule has 1 aliphatic heterocycles. The lowest BCUT2D eigenvalue weighted by molar-refractivity contribution is -0.117. The van der Waals surface area contributed by atoms with Gasteiger partial charge in [0.2, 0.25) is 5.91 Å². The highest BCUT2D eigenvalue weighted by Crippen LogP contribution is 2.36. The Bertz CT molecular complexity index is 1830. The van der Waals surface area contributed by atoms with E-state index in [0.717, 1.165) is 58.5 Å². The number of aromatic nitrogens is 2. The summed E-state index contributed by atoms with van der Waals surface area (Å²) < 4.78 is 8.42. The first kappa shape index (κ1) is 24.4. The molecule has 5 aromatic carbocycles. The SMILES string of the molecule is O=C1CC(c2nc3ccccc3n2CCCCOc2ccc3ccccc3c2)CN1c1cccc2ccccc12. The van der Waals surface area contributed by atoms with Crippen LogP contribution in [0.5, 0.6) is 5.75 Å². The Kier molecular flexibility index (Phi) is 6.40. The van der Waals surface area contributed by atoms with Crippen LogP contribution in [-0.4, -0.2) is 28.6 Å². The quantitative estimate of drug-likeness (QED) is 0.191. The van der Waals surface area contributed by atoms with Crippen LogP contribution in [0.3, 0.4) is 0 Å². The van der Waals surface area contributed by atoms with Crippen LogP contribution in [0.1, 0.15) is 31.0 Å². The minimum absolute atomic E-state index is 0.0488. The number of unbranched alkanes of at least 4 members (excludes halogenated alkanes) is 1. The molecule has 0 aliphatic carbocycles. The molecule has 198 valence electrons. The Morgan fingerprint density at radius 1 is 0.775 bits per heavy atom. The summed E-state index contributed by atoms with van der Waals surface area (Å²) in [6.07, 6.45) is 2.37. The summed E-state index contributed by atoms with van der Waals surface area (Å²) in [5.74, 6) is 2.12. The lowest BCUT2D eigenvalue weighted by Crippen LogP contribution is -2.24. The third-order valence-corrected chi connectivity index (χ3v) is 8.00. The largest absolute Gasteiger partial charge is 0.494 e. The number of anilines is 1. The zero-order valence-electron chi connectivity index (χ0n) is 22.4. The molecule has 0 radical (unpaired) electrons. The Morgan fingerprint density at radius 3 is 2.48 bits per heavy atom. The highest BCUT2D eigenvalue weighted by Gasteiger charge is 2.35. The second-order valence-corrected chi connectivity index (χ2v) is 10.6. The van der Waals surface area contributed by atoms with Gasteiger partial charge in [0.05, 0.1) is 23.3 Å². The first-order valence-electron chi connectivity index (χ1n) is 14.1. The molecular formula is C35H31N3O2. The molecule has 7 rings (SSSR count). The fraction of sp³-hybridized carbons (Fsp3) is 0.200. The van der Waals surface area contributed by atoms with Gasteiger partial charge in [-0.15, -0.1) is 0 Å². The maximum Gasteiger partial charge on any atom is 0.227 e. The van der Waals surface area contributed by atoms with Crippen LogP contribution in [0.25, 0.3) is 32.6 Å². The van der Waals surface area contributed by atoms with Crippen molar-refractivity contribution in [3.8, 4) is 5.75 Å². The molecule has 0 N–H and O–H groups in total. The van der Waals surface area contributed by atoms with E-state index in [1.165, 1.54) is 10.8 Å². The number of ether oxygens (including phenoxy) is 1. The molecule has 0 saturated carbocycles. The monoisotopic (exact) mass is 525 g/mol. The zero-order valence-corrected chi connectivity index (χ0v) is 22.4. The summed E-state index contributed by atoms with van der Waals surface area (Å²) in [4.78, 5) is 20.3. The maximum absolute atomic E-state index is 13.3. The van der Waals surface area contributed by atoms with Crippen molar-refractivity contribution < 1.29 is 9.53 Å². The van der Waals surface area contributed by atoms with Gasteiger partial charge in [-0.3, -0.25) is 4.79 Å². The molecule has 1 atom stereocenters. The first-order valence-corrected chi connectivity index (χ1v) is 14.1. The normalized spacial score (nSPS) is 15.4. The number of carbonyl (C=O) groups excluding carboxylic acids is 1. The fourth-order valence-electron chi connectivity index (χ4n) is 6.02. The number of imidazole rings is 1. The van der Waals surface area contributed by atoms with Crippen molar-refractivity contribution in [2.24, 2.45) is 0 Å². The van der Waals surface area contributed by atoms with E-state index in [0.29, 0.717) is 19.6 Å². The predicted octanol–water partition coefficient (Wildman–Crippen LogP) is 7.72. The van der Waals surface area contributed by atoms with E-state index in [9.17, 15) is 4.79 Å². The maximum atomic E-state index is 13.3. The minimum Gasteiger partial charge on any atom is -0.494 e. The molecule has 1 amide bonds. The number of hydrogen-bond acceptors (Lipinski definition) is 3. The van der Waals surface area contributed by atoms with Gasteiger partial charge in [-0.25, -0.2) is 4.98 Å². The standard InChI is InChI=1S/C35H31N3O2/c39-34-23-28(24-38(34)32-17-9-13-26-11-3-4-14-30(26)32)35-36-31-15-5-6-16-33(31)37(35)20-7-8-21-40-29-19-18-25-10-1-2-12-27(25)22-29/h1-6,9-19,22,28H,7-8,20-21,23-24H2. The summed E-state index contributed by atoms with van der Waals surface area (Å²) in [5, 5.41) is 4.67. The Balaban J connectivity index is 1.07. The van der Waals surface area contributed by atoms with E-state index in [-0.39, 0.29) is 11.8 Å². The Morgan fingerprint density at radius 2 is 1.55 bits per heavy atom. The van der Waals surface area contributed by atoms with Crippen molar-refractivity contribution in [2.45, 2.75) is 31.7 Å². The van der Waals surface area contributed by atoms with Crippen molar-refractivity contribution in [2.75, 3.05) is 18.1 Å². The molecular weight excluding hydrogens is 494 g/mol. The van der Waals surface area contributed by atoms with Crippen LogP contribution in [0.4, 0.5) is 5.69 Å². The third kappa shape index (κ3) is 4.58. The van der Waals surface area contributed by atoms with Crippen molar-refractivity contribution >= 4 is 44.2 Å². The van der Waals surface area contributed by atoms with E-state index in [1.54, 1.807) is 0 Å². The highest BCUT2D eigenvalue weighted by molar-refractivity contribution is 6.05. The molecule has 1 aromatic heterocycles. The van der Waals surface area contributed by atoms with Crippen LogP contribution < -0.4 is 9.64 Å². The van der Waals surface area contributed by atoms with Gasteiger partial charge in [0, 0.05) is 30.8 Å². The molecule has 1 fully saturated rings. The smallest absolute Gasteiger partial charge is 0.227 e.